The van der Waals surface area contributed by atoms with Crippen molar-refractivity contribution in [2.75, 3.05) is 22.5 Å². The maximum Gasteiger partial charge on any atom is 0.180 e. The molecule has 1 rings (SSSR count). The second-order valence-corrected chi connectivity index (χ2v) is 7.76. The standard InChI is InChI=1S/C15H24BrNO2S/c1-4-13(5-2)17(12-11-16)14-9-7-8-10-15(14)20(18,19)6-3/h7-10,13H,4-6,11-12H2,1-3H3. The molecule has 0 aromatic heterocycles. The lowest BCUT2D eigenvalue weighted by atomic mass is 10.1. The van der Waals surface area contributed by atoms with Gasteiger partial charge in [0.1, 0.15) is 0 Å². The summed E-state index contributed by atoms with van der Waals surface area (Å²) in [6, 6.07) is 7.71. The molecular formula is C15H24BrNO2S. The summed E-state index contributed by atoms with van der Waals surface area (Å²) in [4.78, 5) is 2.67. The van der Waals surface area contributed by atoms with Crippen molar-refractivity contribution >= 4 is 31.5 Å². The third kappa shape index (κ3) is 3.98. The largest absolute Gasteiger partial charge is 0.367 e. The molecule has 0 unspecified atom stereocenters. The molecule has 0 amide bonds. The van der Waals surface area contributed by atoms with Crippen molar-refractivity contribution in [1.29, 1.82) is 0 Å². The number of benzene rings is 1. The summed E-state index contributed by atoms with van der Waals surface area (Å²) in [5.41, 5.74) is 0.836. The molecule has 0 fully saturated rings. The van der Waals surface area contributed by atoms with Gasteiger partial charge >= 0.3 is 0 Å². The lowest BCUT2D eigenvalue weighted by molar-refractivity contribution is 0.562. The van der Waals surface area contributed by atoms with Crippen LogP contribution >= 0.6 is 15.9 Å². The van der Waals surface area contributed by atoms with Gasteiger partial charge in [-0.1, -0.05) is 48.8 Å². The summed E-state index contributed by atoms with van der Waals surface area (Å²) in [6.07, 6.45) is 2.01. The minimum Gasteiger partial charge on any atom is -0.367 e. The number of sulfone groups is 1. The number of hydrogen-bond donors (Lipinski definition) is 0. The van der Waals surface area contributed by atoms with E-state index in [0.717, 1.165) is 30.4 Å². The van der Waals surface area contributed by atoms with Crippen LogP contribution < -0.4 is 4.90 Å². The zero-order valence-electron chi connectivity index (χ0n) is 12.5. The first-order valence-corrected chi connectivity index (χ1v) is 9.93. The molecule has 5 heteroatoms. The van der Waals surface area contributed by atoms with Crippen LogP contribution in [0.2, 0.25) is 0 Å². The molecule has 1 aromatic rings. The summed E-state index contributed by atoms with van der Waals surface area (Å²) >= 11 is 3.47. The van der Waals surface area contributed by atoms with E-state index in [1.165, 1.54) is 0 Å². The van der Waals surface area contributed by atoms with Crippen LogP contribution in [0.4, 0.5) is 5.69 Å². The topological polar surface area (TPSA) is 37.4 Å². The first kappa shape index (κ1) is 17.5. The fourth-order valence-electron chi connectivity index (χ4n) is 2.43. The Morgan fingerprint density at radius 3 is 2.25 bits per heavy atom. The Balaban J connectivity index is 3.34. The fourth-order valence-corrected chi connectivity index (χ4v) is 3.92. The van der Waals surface area contributed by atoms with E-state index in [4.69, 9.17) is 0 Å². The average Bonchev–Trinajstić information content (AvgIpc) is 2.47. The van der Waals surface area contributed by atoms with Gasteiger partial charge in [0.2, 0.25) is 0 Å². The molecule has 0 spiro atoms. The molecule has 0 aliphatic carbocycles. The Bertz CT molecular complexity index is 512. The Morgan fingerprint density at radius 2 is 1.75 bits per heavy atom. The SMILES string of the molecule is CCC(CC)N(CCBr)c1ccccc1S(=O)(=O)CC. The van der Waals surface area contributed by atoms with Crippen LogP contribution in [0, 0.1) is 0 Å². The number of rotatable bonds is 8. The van der Waals surface area contributed by atoms with Crippen molar-refractivity contribution in [3.8, 4) is 0 Å². The van der Waals surface area contributed by atoms with Crippen LogP contribution in [0.25, 0.3) is 0 Å². The van der Waals surface area contributed by atoms with E-state index >= 15 is 0 Å². The second kappa shape index (κ2) is 8.03. The van der Waals surface area contributed by atoms with Gasteiger partial charge in [-0.3, -0.25) is 0 Å². The Kier molecular flexibility index (Phi) is 7.03. The third-order valence-electron chi connectivity index (χ3n) is 3.60. The minimum atomic E-state index is -3.20. The van der Waals surface area contributed by atoms with E-state index < -0.39 is 9.84 Å². The van der Waals surface area contributed by atoms with Crippen molar-refractivity contribution in [3.63, 3.8) is 0 Å². The van der Waals surface area contributed by atoms with Gasteiger partial charge in [-0.05, 0) is 25.0 Å². The molecule has 0 heterocycles. The highest BCUT2D eigenvalue weighted by atomic mass is 79.9. The minimum absolute atomic E-state index is 0.134. The van der Waals surface area contributed by atoms with Gasteiger partial charge in [0, 0.05) is 17.9 Å². The molecular weight excluding hydrogens is 338 g/mol. The normalized spacial score (nSPS) is 11.8. The summed E-state index contributed by atoms with van der Waals surface area (Å²) in [5.74, 6) is 0.134. The Hall–Kier alpha value is -0.550. The molecule has 0 radical (unpaired) electrons. The van der Waals surface area contributed by atoms with Gasteiger partial charge in [-0.25, -0.2) is 8.42 Å². The molecule has 0 N–H and O–H groups in total. The highest BCUT2D eigenvalue weighted by molar-refractivity contribution is 9.09. The number of para-hydroxylation sites is 1. The molecule has 0 aliphatic rings. The quantitative estimate of drug-likeness (QED) is 0.659. The number of anilines is 1. The van der Waals surface area contributed by atoms with E-state index in [2.05, 4.69) is 34.7 Å². The molecule has 114 valence electrons. The molecule has 3 nitrogen and oxygen atoms in total. The van der Waals surface area contributed by atoms with E-state index in [9.17, 15) is 8.42 Å². The van der Waals surface area contributed by atoms with Crippen molar-refractivity contribution in [3.05, 3.63) is 24.3 Å². The van der Waals surface area contributed by atoms with Gasteiger partial charge in [-0.15, -0.1) is 0 Å². The van der Waals surface area contributed by atoms with Crippen molar-refractivity contribution < 1.29 is 8.42 Å². The van der Waals surface area contributed by atoms with Crippen LogP contribution in [0.15, 0.2) is 29.2 Å². The maximum absolute atomic E-state index is 12.3. The molecule has 0 aliphatic heterocycles. The zero-order chi connectivity index (χ0) is 15.2. The van der Waals surface area contributed by atoms with Gasteiger partial charge in [0.25, 0.3) is 0 Å². The van der Waals surface area contributed by atoms with Crippen LogP contribution in [-0.4, -0.2) is 32.1 Å². The highest BCUT2D eigenvalue weighted by Gasteiger charge is 2.23. The zero-order valence-corrected chi connectivity index (χ0v) is 14.9. The highest BCUT2D eigenvalue weighted by Crippen LogP contribution is 2.29. The second-order valence-electron chi connectivity index (χ2n) is 4.72. The molecule has 0 saturated heterocycles. The summed E-state index contributed by atoms with van der Waals surface area (Å²) in [6.45, 7) is 6.79. The lowest BCUT2D eigenvalue weighted by Crippen LogP contribution is -2.37. The van der Waals surface area contributed by atoms with Crippen LogP contribution in [-0.2, 0) is 9.84 Å². The smallest absolute Gasteiger partial charge is 0.180 e. The van der Waals surface area contributed by atoms with E-state index in [-0.39, 0.29) is 5.75 Å². The Morgan fingerprint density at radius 1 is 1.15 bits per heavy atom. The van der Waals surface area contributed by atoms with Crippen LogP contribution in [0.1, 0.15) is 33.6 Å². The van der Waals surface area contributed by atoms with Gasteiger partial charge in [0.15, 0.2) is 9.84 Å². The monoisotopic (exact) mass is 361 g/mol. The van der Waals surface area contributed by atoms with Crippen LogP contribution in [0.3, 0.4) is 0 Å². The molecule has 0 saturated carbocycles. The summed E-state index contributed by atoms with van der Waals surface area (Å²) in [7, 11) is -3.20. The maximum atomic E-state index is 12.3. The lowest BCUT2D eigenvalue weighted by Gasteiger charge is -2.33. The van der Waals surface area contributed by atoms with Gasteiger partial charge < -0.3 is 4.90 Å². The fraction of sp³-hybridized carbons (Fsp3) is 0.600. The van der Waals surface area contributed by atoms with Crippen LogP contribution in [0.5, 0.6) is 0 Å². The average molecular weight is 362 g/mol. The molecule has 0 atom stereocenters. The predicted molar refractivity (Wildman–Crippen MR) is 89.7 cm³/mol. The summed E-state index contributed by atoms with van der Waals surface area (Å²) < 4.78 is 24.6. The molecule has 1 aromatic carbocycles. The number of alkyl halides is 1. The van der Waals surface area contributed by atoms with Crippen molar-refractivity contribution in [2.24, 2.45) is 0 Å². The van der Waals surface area contributed by atoms with E-state index in [1.54, 1.807) is 19.1 Å². The molecule has 20 heavy (non-hydrogen) atoms. The number of hydrogen-bond acceptors (Lipinski definition) is 3. The first-order chi connectivity index (χ1) is 9.51. The number of halogens is 1. The van der Waals surface area contributed by atoms with Gasteiger partial charge in [0.05, 0.1) is 16.3 Å². The van der Waals surface area contributed by atoms with Crippen molar-refractivity contribution in [1.82, 2.24) is 0 Å². The number of nitrogens with zero attached hydrogens (tertiary/aromatic N) is 1. The Labute approximate surface area is 131 Å². The van der Waals surface area contributed by atoms with E-state index in [1.807, 2.05) is 12.1 Å². The van der Waals surface area contributed by atoms with Gasteiger partial charge in [-0.2, -0.15) is 0 Å². The molecule has 0 bridgehead atoms. The first-order valence-electron chi connectivity index (χ1n) is 7.16. The predicted octanol–water partition coefficient (Wildman–Crippen LogP) is 3.87. The van der Waals surface area contributed by atoms with E-state index in [0.29, 0.717) is 10.9 Å². The third-order valence-corrected chi connectivity index (χ3v) is 5.73. The summed E-state index contributed by atoms with van der Waals surface area (Å²) in [5, 5.41) is 0.823. The van der Waals surface area contributed by atoms with Crippen molar-refractivity contribution in [2.45, 2.75) is 44.6 Å².